The Morgan fingerprint density at radius 1 is 1.50 bits per heavy atom. The number of anilines is 1. The van der Waals surface area contributed by atoms with E-state index in [9.17, 15) is 4.79 Å². The molecule has 1 rings (SSSR count). The maximum absolute atomic E-state index is 10.5. The molecule has 0 spiro atoms. The van der Waals surface area contributed by atoms with E-state index in [1.54, 1.807) is 0 Å². The van der Waals surface area contributed by atoms with Crippen molar-refractivity contribution < 1.29 is 15.0 Å². The van der Waals surface area contributed by atoms with Crippen molar-refractivity contribution >= 4 is 27.6 Å². The molecule has 4 N–H and O–H groups in total. The normalized spacial score (nSPS) is 9.75. The molecule has 0 bridgehead atoms. The van der Waals surface area contributed by atoms with Crippen LogP contribution >= 0.6 is 15.9 Å². The first-order valence-electron chi connectivity index (χ1n) is 3.03. The fraction of sp³-hybridized carbons (Fsp3) is 0. The zero-order valence-electron chi connectivity index (χ0n) is 5.91. The molecule has 0 atom stereocenters. The molecule has 5 heteroatoms. The predicted octanol–water partition coefficient (Wildman–Crippen LogP) is 1.44. The van der Waals surface area contributed by atoms with Crippen molar-refractivity contribution in [2.45, 2.75) is 0 Å². The van der Waals surface area contributed by atoms with Crippen LogP contribution in [0, 0.1) is 0 Å². The van der Waals surface area contributed by atoms with Crippen LogP contribution in [0.15, 0.2) is 16.6 Å². The summed E-state index contributed by atoms with van der Waals surface area (Å²) in [4.78, 5) is 10.5. The quantitative estimate of drug-likeness (QED) is 0.505. The lowest BCUT2D eigenvalue weighted by Crippen LogP contribution is -2.02. The Kier molecular flexibility index (Phi) is 2.23. The van der Waals surface area contributed by atoms with Gasteiger partial charge in [-0.2, -0.15) is 0 Å². The molecule has 0 unspecified atom stereocenters. The number of hydrogen-bond donors (Lipinski definition) is 3. The number of carbonyl (C=O) groups is 1. The van der Waals surface area contributed by atoms with Crippen molar-refractivity contribution in [2.24, 2.45) is 0 Å². The molecule has 64 valence electrons. The van der Waals surface area contributed by atoms with Crippen LogP contribution in [-0.2, 0) is 0 Å². The van der Waals surface area contributed by atoms with Crippen LogP contribution in [0.25, 0.3) is 0 Å². The standard InChI is InChI=1S/C7H6BrNO3/c8-3-1-4(7(11)12)6(9)5(10)2-3/h1-2,10H,9H2,(H,11,12). The summed E-state index contributed by atoms with van der Waals surface area (Å²) in [6.07, 6.45) is 0. The maximum atomic E-state index is 10.5. The van der Waals surface area contributed by atoms with Gasteiger partial charge >= 0.3 is 5.97 Å². The van der Waals surface area contributed by atoms with Crippen LogP contribution in [0.2, 0.25) is 0 Å². The second kappa shape index (κ2) is 3.02. The van der Waals surface area contributed by atoms with Gasteiger partial charge in [0.1, 0.15) is 5.75 Å². The lowest BCUT2D eigenvalue weighted by Gasteiger charge is -2.03. The summed E-state index contributed by atoms with van der Waals surface area (Å²) >= 11 is 3.04. The van der Waals surface area contributed by atoms with E-state index in [0.717, 1.165) is 0 Å². The van der Waals surface area contributed by atoms with E-state index in [0.29, 0.717) is 4.47 Å². The molecule has 0 aromatic heterocycles. The van der Waals surface area contributed by atoms with Gasteiger partial charge in [-0.05, 0) is 12.1 Å². The highest BCUT2D eigenvalue weighted by atomic mass is 79.9. The Morgan fingerprint density at radius 3 is 2.58 bits per heavy atom. The number of hydrogen-bond acceptors (Lipinski definition) is 3. The summed E-state index contributed by atoms with van der Waals surface area (Å²) in [5, 5.41) is 17.7. The van der Waals surface area contributed by atoms with Crippen LogP contribution < -0.4 is 5.73 Å². The van der Waals surface area contributed by atoms with Gasteiger partial charge in [0, 0.05) is 4.47 Å². The number of aromatic carboxylic acids is 1. The van der Waals surface area contributed by atoms with Crippen molar-refractivity contribution in [3.05, 3.63) is 22.2 Å². The summed E-state index contributed by atoms with van der Waals surface area (Å²) in [5.74, 6) is -1.40. The first kappa shape index (κ1) is 8.86. The Labute approximate surface area is 76.8 Å². The van der Waals surface area contributed by atoms with Crippen LogP contribution in [0.5, 0.6) is 5.75 Å². The molecular weight excluding hydrogens is 226 g/mol. The topological polar surface area (TPSA) is 83.5 Å². The number of phenolic OH excluding ortho intramolecular Hbond substituents is 1. The number of benzene rings is 1. The van der Waals surface area contributed by atoms with Crippen LogP contribution in [-0.4, -0.2) is 16.2 Å². The molecule has 0 radical (unpaired) electrons. The second-order valence-corrected chi connectivity index (χ2v) is 3.11. The Bertz CT molecular complexity index is 338. The number of rotatable bonds is 1. The SMILES string of the molecule is Nc1c(O)cc(Br)cc1C(=O)O. The van der Waals surface area contributed by atoms with Crippen molar-refractivity contribution in [2.75, 3.05) is 5.73 Å². The third kappa shape index (κ3) is 1.50. The number of carboxylic acid groups (broad SMARTS) is 1. The third-order valence-electron chi connectivity index (χ3n) is 1.35. The Balaban J connectivity index is 3.37. The average Bonchev–Trinajstić information content (AvgIpc) is 1.96. The summed E-state index contributed by atoms with van der Waals surface area (Å²) in [7, 11) is 0. The molecule has 12 heavy (non-hydrogen) atoms. The van der Waals surface area contributed by atoms with Gasteiger partial charge in [0.2, 0.25) is 0 Å². The molecule has 1 aromatic rings. The largest absolute Gasteiger partial charge is 0.506 e. The van der Waals surface area contributed by atoms with Gasteiger partial charge in [0.25, 0.3) is 0 Å². The summed E-state index contributed by atoms with van der Waals surface area (Å²) in [5.41, 5.74) is 5.07. The lowest BCUT2D eigenvalue weighted by molar-refractivity contribution is 0.0697. The average molecular weight is 232 g/mol. The van der Waals surface area contributed by atoms with E-state index >= 15 is 0 Å². The monoisotopic (exact) mass is 231 g/mol. The highest BCUT2D eigenvalue weighted by Gasteiger charge is 2.11. The first-order valence-corrected chi connectivity index (χ1v) is 3.83. The molecule has 0 saturated carbocycles. The highest BCUT2D eigenvalue weighted by Crippen LogP contribution is 2.28. The van der Waals surface area contributed by atoms with Crippen LogP contribution in [0.3, 0.4) is 0 Å². The number of halogens is 1. The fourth-order valence-corrected chi connectivity index (χ4v) is 1.23. The van der Waals surface area contributed by atoms with Crippen molar-refractivity contribution in [1.29, 1.82) is 0 Å². The molecular formula is C7H6BrNO3. The van der Waals surface area contributed by atoms with E-state index in [-0.39, 0.29) is 17.0 Å². The third-order valence-corrected chi connectivity index (χ3v) is 1.81. The Hall–Kier alpha value is -1.23. The van der Waals surface area contributed by atoms with Crippen molar-refractivity contribution in [3.63, 3.8) is 0 Å². The number of nitrogens with two attached hydrogens (primary N) is 1. The van der Waals surface area contributed by atoms with E-state index < -0.39 is 5.97 Å². The second-order valence-electron chi connectivity index (χ2n) is 2.19. The van der Waals surface area contributed by atoms with Gasteiger partial charge in [0.05, 0.1) is 11.3 Å². The van der Waals surface area contributed by atoms with E-state index in [2.05, 4.69) is 15.9 Å². The maximum Gasteiger partial charge on any atom is 0.337 e. The molecule has 0 amide bonds. The van der Waals surface area contributed by atoms with Crippen molar-refractivity contribution in [3.8, 4) is 5.75 Å². The molecule has 0 aliphatic rings. The number of aromatic hydroxyl groups is 1. The molecule has 4 nitrogen and oxygen atoms in total. The highest BCUT2D eigenvalue weighted by molar-refractivity contribution is 9.10. The summed E-state index contributed by atoms with van der Waals surface area (Å²) in [6.45, 7) is 0. The molecule has 0 aliphatic heterocycles. The Morgan fingerprint density at radius 2 is 2.08 bits per heavy atom. The van der Waals surface area contributed by atoms with E-state index in [1.807, 2.05) is 0 Å². The van der Waals surface area contributed by atoms with E-state index in [1.165, 1.54) is 12.1 Å². The zero-order chi connectivity index (χ0) is 9.30. The fourth-order valence-electron chi connectivity index (χ4n) is 0.781. The minimum absolute atomic E-state index is 0.109. The summed E-state index contributed by atoms with van der Waals surface area (Å²) in [6, 6.07) is 2.67. The van der Waals surface area contributed by atoms with Crippen molar-refractivity contribution in [1.82, 2.24) is 0 Å². The summed E-state index contributed by atoms with van der Waals surface area (Å²) < 4.78 is 0.478. The van der Waals surface area contributed by atoms with Gasteiger partial charge < -0.3 is 15.9 Å². The minimum Gasteiger partial charge on any atom is -0.506 e. The van der Waals surface area contributed by atoms with Gasteiger partial charge in [-0.3, -0.25) is 0 Å². The van der Waals surface area contributed by atoms with E-state index in [4.69, 9.17) is 15.9 Å². The van der Waals surface area contributed by atoms with Gasteiger partial charge in [-0.25, -0.2) is 4.79 Å². The predicted molar refractivity (Wildman–Crippen MR) is 47.2 cm³/mol. The molecule has 0 fully saturated rings. The zero-order valence-corrected chi connectivity index (χ0v) is 7.50. The molecule has 1 aromatic carbocycles. The minimum atomic E-state index is -1.16. The van der Waals surface area contributed by atoms with Gasteiger partial charge in [0.15, 0.2) is 0 Å². The molecule has 0 saturated heterocycles. The lowest BCUT2D eigenvalue weighted by atomic mass is 10.2. The first-order chi connectivity index (χ1) is 5.52. The number of phenols is 1. The van der Waals surface area contributed by atoms with Crippen LogP contribution in [0.4, 0.5) is 5.69 Å². The molecule has 0 heterocycles. The smallest absolute Gasteiger partial charge is 0.337 e. The number of nitrogen functional groups attached to an aromatic ring is 1. The molecule has 0 aliphatic carbocycles. The van der Waals surface area contributed by atoms with Crippen LogP contribution in [0.1, 0.15) is 10.4 Å². The van der Waals surface area contributed by atoms with Gasteiger partial charge in [-0.1, -0.05) is 15.9 Å². The van der Waals surface area contributed by atoms with Gasteiger partial charge in [-0.15, -0.1) is 0 Å². The number of carboxylic acids is 1.